The first-order valence-corrected chi connectivity index (χ1v) is 8.21. The summed E-state index contributed by atoms with van der Waals surface area (Å²) in [6.45, 7) is 3.95. The molecule has 0 saturated carbocycles. The molecule has 116 valence electrons. The van der Waals surface area contributed by atoms with Crippen LogP contribution in [0.1, 0.15) is 12.5 Å². The molecule has 0 aromatic heterocycles. The number of benzene rings is 2. The molecule has 0 bridgehead atoms. The summed E-state index contributed by atoms with van der Waals surface area (Å²) in [5, 5.41) is 11.4. The highest BCUT2D eigenvalue weighted by molar-refractivity contribution is 7.99. The van der Waals surface area contributed by atoms with E-state index in [2.05, 4.69) is 6.92 Å². The zero-order chi connectivity index (χ0) is 16.3. The molecule has 0 saturated heterocycles. The molecule has 2 aromatic rings. The number of hydrogen-bond donors (Lipinski definition) is 0. The summed E-state index contributed by atoms with van der Waals surface area (Å²) in [7, 11) is 0. The van der Waals surface area contributed by atoms with Crippen LogP contribution in [-0.2, 0) is 0 Å². The van der Waals surface area contributed by atoms with E-state index in [0.29, 0.717) is 16.5 Å². The summed E-state index contributed by atoms with van der Waals surface area (Å²) in [5.41, 5.74) is 0.785. The van der Waals surface area contributed by atoms with E-state index in [9.17, 15) is 10.1 Å². The van der Waals surface area contributed by atoms with Gasteiger partial charge in [0.15, 0.2) is 0 Å². The minimum atomic E-state index is -0.509. The van der Waals surface area contributed by atoms with E-state index in [1.165, 1.54) is 18.2 Å². The first-order chi connectivity index (χ1) is 10.4. The highest BCUT2D eigenvalue weighted by atomic mass is 35.5. The molecule has 0 N–H and O–H groups in total. The average molecular weight is 358 g/mol. The molecule has 0 atom stereocenters. The average Bonchev–Trinajstić information content (AvgIpc) is 2.44. The van der Waals surface area contributed by atoms with Crippen molar-refractivity contribution in [2.24, 2.45) is 0 Å². The van der Waals surface area contributed by atoms with Crippen molar-refractivity contribution >= 4 is 40.7 Å². The van der Waals surface area contributed by atoms with E-state index in [4.69, 9.17) is 27.9 Å². The second-order valence-electron chi connectivity index (χ2n) is 4.46. The summed E-state index contributed by atoms with van der Waals surface area (Å²) >= 11 is 14.0. The molecule has 0 aliphatic heterocycles. The molecule has 2 rings (SSSR count). The van der Waals surface area contributed by atoms with Gasteiger partial charge >= 0.3 is 0 Å². The van der Waals surface area contributed by atoms with Crippen LogP contribution in [0.4, 0.5) is 5.69 Å². The lowest BCUT2D eigenvalue weighted by atomic mass is 10.2. The maximum Gasteiger partial charge on any atom is 0.271 e. The maximum atomic E-state index is 10.7. The van der Waals surface area contributed by atoms with Gasteiger partial charge in [-0.3, -0.25) is 10.1 Å². The van der Waals surface area contributed by atoms with Gasteiger partial charge in [0.25, 0.3) is 5.69 Å². The Morgan fingerprint density at radius 2 is 1.95 bits per heavy atom. The van der Waals surface area contributed by atoms with Gasteiger partial charge in [-0.2, -0.15) is 0 Å². The van der Waals surface area contributed by atoms with E-state index in [1.807, 2.05) is 19.1 Å². The summed E-state index contributed by atoms with van der Waals surface area (Å²) in [4.78, 5) is 11.3. The van der Waals surface area contributed by atoms with Crippen LogP contribution in [0.15, 0.2) is 35.2 Å². The third-order valence-electron chi connectivity index (χ3n) is 2.85. The molecule has 0 fully saturated rings. The summed E-state index contributed by atoms with van der Waals surface area (Å²) < 4.78 is 5.74. The van der Waals surface area contributed by atoms with Crippen LogP contribution in [-0.4, -0.2) is 10.7 Å². The lowest BCUT2D eigenvalue weighted by molar-refractivity contribution is -0.384. The van der Waals surface area contributed by atoms with E-state index in [1.54, 1.807) is 11.8 Å². The zero-order valence-electron chi connectivity index (χ0n) is 11.9. The Balaban J connectivity index is 2.33. The van der Waals surface area contributed by atoms with E-state index in [0.717, 1.165) is 16.2 Å². The quantitative estimate of drug-likeness (QED) is 0.367. The number of non-ortho nitro benzene ring substituents is 1. The van der Waals surface area contributed by atoms with Crippen molar-refractivity contribution in [1.29, 1.82) is 0 Å². The zero-order valence-corrected chi connectivity index (χ0v) is 14.3. The van der Waals surface area contributed by atoms with Crippen LogP contribution in [0.5, 0.6) is 11.5 Å². The molecule has 0 aliphatic rings. The topological polar surface area (TPSA) is 52.4 Å². The van der Waals surface area contributed by atoms with Gasteiger partial charge in [-0.25, -0.2) is 0 Å². The van der Waals surface area contributed by atoms with Crippen molar-refractivity contribution < 1.29 is 9.66 Å². The molecule has 0 radical (unpaired) electrons. The minimum absolute atomic E-state index is 0.0881. The monoisotopic (exact) mass is 357 g/mol. The number of aryl methyl sites for hydroxylation is 1. The fraction of sp³-hybridized carbons (Fsp3) is 0.200. The lowest BCUT2D eigenvalue weighted by Crippen LogP contribution is -1.92. The third-order valence-corrected chi connectivity index (χ3v) is 4.29. The van der Waals surface area contributed by atoms with Gasteiger partial charge in [0.05, 0.1) is 15.0 Å². The highest BCUT2D eigenvalue weighted by Crippen LogP contribution is 2.39. The van der Waals surface area contributed by atoms with Gasteiger partial charge in [-0.1, -0.05) is 30.1 Å². The number of rotatable bonds is 5. The van der Waals surface area contributed by atoms with Gasteiger partial charge in [0, 0.05) is 17.0 Å². The van der Waals surface area contributed by atoms with Crippen molar-refractivity contribution in [3.8, 4) is 11.5 Å². The molecule has 0 spiro atoms. The Kier molecular flexibility index (Phi) is 5.56. The Hall–Kier alpha value is -1.43. The van der Waals surface area contributed by atoms with Crippen molar-refractivity contribution in [1.82, 2.24) is 0 Å². The fourth-order valence-corrected chi connectivity index (χ4v) is 3.25. The maximum absolute atomic E-state index is 10.7. The summed E-state index contributed by atoms with van der Waals surface area (Å²) in [5.74, 6) is 1.77. The number of nitro benzene ring substituents is 1. The molecular formula is C15H13Cl2NO3S. The Bertz CT molecular complexity index is 699. The molecule has 0 amide bonds. The van der Waals surface area contributed by atoms with Crippen LogP contribution in [0.3, 0.4) is 0 Å². The largest absolute Gasteiger partial charge is 0.454 e. The number of ether oxygens (including phenoxy) is 1. The minimum Gasteiger partial charge on any atom is -0.454 e. The van der Waals surface area contributed by atoms with Crippen LogP contribution >= 0.6 is 35.0 Å². The Morgan fingerprint density at radius 1 is 1.23 bits per heavy atom. The molecular weight excluding hydrogens is 345 g/mol. The Morgan fingerprint density at radius 3 is 2.50 bits per heavy atom. The van der Waals surface area contributed by atoms with E-state index in [-0.39, 0.29) is 10.7 Å². The summed E-state index contributed by atoms with van der Waals surface area (Å²) in [6.07, 6.45) is 0. The van der Waals surface area contributed by atoms with Crippen LogP contribution in [0.2, 0.25) is 10.0 Å². The number of halogens is 2. The molecule has 7 heteroatoms. The van der Waals surface area contributed by atoms with Crippen LogP contribution in [0, 0.1) is 17.0 Å². The number of thioether (sulfide) groups is 1. The van der Waals surface area contributed by atoms with E-state index >= 15 is 0 Å². The van der Waals surface area contributed by atoms with E-state index < -0.39 is 4.92 Å². The first-order valence-electron chi connectivity index (χ1n) is 6.47. The number of hydrogen-bond acceptors (Lipinski definition) is 4. The second kappa shape index (κ2) is 7.22. The van der Waals surface area contributed by atoms with Gasteiger partial charge in [0.2, 0.25) is 0 Å². The SMILES string of the molecule is CCSc1cc(C)c(Oc2ccc([N+](=O)[O-])cc2Cl)c(Cl)c1. The van der Waals surface area contributed by atoms with Crippen LogP contribution < -0.4 is 4.74 Å². The molecule has 22 heavy (non-hydrogen) atoms. The predicted molar refractivity (Wildman–Crippen MR) is 90.8 cm³/mol. The third kappa shape index (κ3) is 3.85. The molecule has 4 nitrogen and oxygen atoms in total. The molecule has 2 aromatic carbocycles. The normalized spacial score (nSPS) is 10.5. The predicted octanol–water partition coefficient (Wildman–Crippen LogP) is 6.11. The highest BCUT2D eigenvalue weighted by Gasteiger charge is 2.14. The number of nitro groups is 1. The molecule has 0 aliphatic carbocycles. The number of nitrogens with zero attached hydrogens (tertiary/aromatic N) is 1. The van der Waals surface area contributed by atoms with Crippen molar-refractivity contribution in [3.05, 3.63) is 56.1 Å². The van der Waals surface area contributed by atoms with Crippen molar-refractivity contribution in [3.63, 3.8) is 0 Å². The molecule has 0 unspecified atom stereocenters. The van der Waals surface area contributed by atoms with Crippen molar-refractivity contribution in [2.75, 3.05) is 5.75 Å². The van der Waals surface area contributed by atoms with Crippen LogP contribution in [0.25, 0.3) is 0 Å². The van der Waals surface area contributed by atoms with Gasteiger partial charge < -0.3 is 4.74 Å². The fourth-order valence-electron chi connectivity index (χ4n) is 1.87. The van der Waals surface area contributed by atoms with Crippen molar-refractivity contribution in [2.45, 2.75) is 18.7 Å². The second-order valence-corrected chi connectivity index (χ2v) is 6.61. The first kappa shape index (κ1) is 16.9. The molecule has 0 heterocycles. The lowest BCUT2D eigenvalue weighted by Gasteiger charge is -2.13. The van der Waals surface area contributed by atoms with Gasteiger partial charge in [0.1, 0.15) is 11.5 Å². The Labute approximate surface area is 142 Å². The standard InChI is InChI=1S/C15H13Cl2NO3S/c1-3-22-11-6-9(2)15(13(17)8-11)21-14-5-4-10(18(19)20)7-12(14)16/h4-8H,3H2,1-2H3. The van der Waals surface area contributed by atoms with Gasteiger partial charge in [-0.05, 0) is 36.4 Å². The summed E-state index contributed by atoms with van der Waals surface area (Å²) in [6, 6.07) is 7.87. The smallest absolute Gasteiger partial charge is 0.271 e. The van der Waals surface area contributed by atoms with Gasteiger partial charge in [-0.15, -0.1) is 11.8 Å².